The number of para-hydroxylation sites is 1. The summed E-state index contributed by atoms with van der Waals surface area (Å²) in [5.41, 5.74) is 4.13. The summed E-state index contributed by atoms with van der Waals surface area (Å²) < 4.78 is 5.86. The Balaban J connectivity index is 2.29. The molecule has 1 N–H and O–H groups in total. The molecule has 160 valence electrons. The lowest BCUT2D eigenvalue weighted by molar-refractivity contribution is -0.114. The maximum atomic E-state index is 12.3. The van der Waals surface area contributed by atoms with Crippen LogP contribution >= 0.6 is 0 Å². The van der Waals surface area contributed by atoms with Crippen molar-refractivity contribution in [3.63, 3.8) is 0 Å². The topological polar surface area (TPSA) is 81.5 Å². The smallest absolute Gasteiger partial charge is 0.273 e. The number of rotatable bonds is 9. The number of nitrogens with one attached hydrogen (secondary N) is 1. The molecule has 0 spiro atoms. The maximum Gasteiger partial charge on any atom is 0.273 e. The molecule has 0 bridgehead atoms. The second kappa shape index (κ2) is 11.0. The van der Waals surface area contributed by atoms with Crippen LogP contribution in [0.2, 0.25) is 0 Å². The van der Waals surface area contributed by atoms with Gasteiger partial charge in [0.1, 0.15) is 19.5 Å². The molecule has 1 amide bonds. The summed E-state index contributed by atoms with van der Waals surface area (Å²) in [7, 11) is 2.95. The minimum Gasteiger partial charge on any atom is -0.490 e. The number of benzene rings is 2. The average Bonchev–Trinajstić information content (AvgIpc) is 2.72. The molecule has 2 rings (SSSR count). The van der Waals surface area contributed by atoms with Crippen LogP contribution in [0.15, 0.2) is 52.8 Å². The first-order valence-corrected chi connectivity index (χ1v) is 9.73. The van der Waals surface area contributed by atoms with Gasteiger partial charge in [0.15, 0.2) is 5.71 Å². The fourth-order valence-electron chi connectivity index (χ4n) is 2.90. The summed E-state index contributed by atoms with van der Waals surface area (Å²) in [6.45, 7) is 7.94. The van der Waals surface area contributed by atoms with Crippen LogP contribution in [0, 0.1) is 6.92 Å². The molecule has 0 fully saturated rings. The van der Waals surface area contributed by atoms with Gasteiger partial charge in [-0.05, 0) is 45.4 Å². The highest BCUT2D eigenvalue weighted by Gasteiger charge is 2.19. The van der Waals surface area contributed by atoms with Crippen LogP contribution in [0.4, 0.5) is 0 Å². The van der Waals surface area contributed by atoms with Crippen molar-refractivity contribution in [3.05, 3.63) is 64.7 Å². The summed E-state index contributed by atoms with van der Waals surface area (Å²) in [6.07, 6.45) is 0.0533. The van der Waals surface area contributed by atoms with Gasteiger partial charge in [-0.25, -0.2) is 0 Å². The Bertz CT molecular complexity index is 936. The van der Waals surface area contributed by atoms with Crippen LogP contribution < -0.4 is 10.1 Å². The first-order valence-electron chi connectivity index (χ1n) is 9.73. The number of carbonyl (C=O) groups is 1. The number of oxime groups is 2. The maximum absolute atomic E-state index is 12.3. The molecule has 0 unspecified atom stereocenters. The summed E-state index contributed by atoms with van der Waals surface area (Å²) in [6, 6.07) is 13.3. The number of ether oxygens (including phenoxy) is 1. The van der Waals surface area contributed by atoms with Gasteiger partial charge in [0, 0.05) is 23.7 Å². The fraction of sp³-hybridized carbons (Fsp3) is 0.348. The van der Waals surface area contributed by atoms with Crippen molar-refractivity contribution in [1.82, 2.24) is 5.32 Å². The summed E-state index contributed by atoms with van der Waals surface area (Å²) >= 11 is 0. The van der Waals surface area contributed by atoms with E-state index in [0.29, 0.717) is 11.3 Å². The van der Waals surface area contributed by atoms with E-state index in [1.807, 2.05) is 64.1 Å². The van der Waals surface area contributed by atoms with E-state index in [9.17, 15) is 4.79 Å². The van der Waals surface area contributed by atoms with Crippen molar-refractivity contribution in [1.29, 1.82) is 0 Å². The van der Waals surface area contributed by atoms with Gasteiger partial charge < -0.3 is 19.7 Å². The zero-order valence-electron chi connectivity index (χ0n) is 18.4. The molecule has 2 aromatic carbocycles. The third-order valence-electron chi connectivity index (χ3n) is 4.34. The Hall–Kier alpha value is -3.35. The van der Waals surface area contributed by atoms with E-state index in [0.717, 1.165) is 22.4 Å². The average molecular weight is 412 g/mol. The quantitative estimate of drug-likeness (QED) is 0.502. The predicted octanol–water partition coefficient (Wildman–Crippen LogP) is 3.82. The summed E-state index contributed by atoms with van der Waals surface area (Å²) in [4.78, 5) is 22.8. The Morgan fingerprint density at radius 2 is 1.77 bits per heavy atom. The molecule has 0 aromatic heterocycles. The van der Waals surface area contributed by atoms with E-state index < -0.39 is 0 Å². The van der Waals surface area contributed by atoms with Crippen LogP contribution in [0.5, 0.6) is 5.75 Å². The lowest BCUT2D eigenvalue weighted by atomic mass is 9.98. The Labute approximate surface area is 177 Å². The lowest BCUT2D eigenvalue weighted by Gasteiger charge is -2.15. The SMILES string of the molecule is CNC(=O)/C(=N/OC)c1cccc(C)c1CO/N=C(\C)c1ccccc1OC(C)C. The minimum absolute atomic E-state index is 0.0533. The van der Waals surface area contributed by atoms with Crippen LogP contribution in [0.25, 0.3) is 0 Å². The number of amides is 1. The molecule has 7 heteroatoms. The van der Waals surface area contributed by atoms with Gasteiger partial charge in [0.2, 0.25) is 0 Å². The highest BCUT2D eigenvalue weighted by molar-refractivity contribution is 6.45. The molecule has 0 saturated heterocycles. The fourth-order valence-corrected chi connectivity index (χ4v) is 2.90. The number of nitrogens with zero attached hydrogens (tertiary/aromatic N) is 2. The summed E-state index contributed by atoms with van der Waals surface area (Å²) in [5.74, 6) is 0.409. The van der Waals surface area contributed by atoms with Gasteiger partial charge in [-0.1, -0.05) is 40.6 Å². The number of hydrogen-bond donors (Lipinski definition) is 1. The molecule has 30 heavy (non-hydrogen) atoms. The van der Waals surface area contributed by atoms with Crippen molar-refractivity contribution >= 4 is 17.3 Å². The zero-order chi connectivity index (χ0) is 22.1. The normalized spacial score (nSPS) is 12.0. The predicted molar refractivity (Wildman–Crippen MR) is 118 cm³/mol. The van der Waals surface area contributed by atoms with E-state index in [2.05, 4.69) is 15.6 Å². The zero-order valence-corrected chi connectivity index (χ0v) is 18.4. The molecule has 0 aliphatic heterocycles. The van der Waals surface area contributed by atoms with Crippen LogP contribution in [-0.4, -0.2) is 37.6 Å². The van der Waals surface area contributed by atoms with Crippen molar-refractivity contribution < 1.29 is 19.2 Å². The van der Waals surface area contributed by atoms with E-state index >= 15 is 0 Å². The van der Waals surface area contributed by atoms with Crippen LogP contribution in [0.1, 0.15) is 43.0 Å². The van der Waals surface area contributed by atoms with Crippen LogP contribution in [0.3, 0.4) is 0 Å². The van der Waals surface area contributed by atoms with Crippen molar-refractivity contribution in [3.8, 4) is 5.75 Å². The van der Waals surface area contributed by atoms with Crippen molar-refractivity contribution in [2.24, 2.45) is 10.3 Å². The molecule has 2 aromatic rings. The number of hydrogen-bond acceptors (Lipinski definition) is 6. The monoisotopic (exact) mass is 411 g/mol. The second-order valence-electron chi connectivity index (χ2n) is 6.92. The van der Waals surface area contributed by atoms with Gasteiger partial charge in [0.05, 0.1) is 11.8 Å². The largest absolute Gasteiger partial charge is 0.490 e. The molecule has 0 aliphatic rings. The lowest BCUT2D eigenvalue weighted by Crippen LogP contribution is -2.29. The molecule has 0 saturated carbocycles. The Morgan fingerprint density at radius 3 is 2.43 bits per heavy atom. The number of carbonyl (C=O) groups excluding carboxylic acids is 1. The molecule has 0 atom stereocenters. The van der Waals surface area contributed by atoms with E-state index in [1.165, 1.54) is 7.11 Å². The first kappa shape index (κ1) is 22.9. The highest BCUT2D eigenvalue weighted by atomic mass is 16.6. The molecular weight excluding hydrogens is 382 g/mol. The third-order valence-corrected chi connectivity index (χ3v) is 4.34. The van der Waals surface area contributed by atoms with E-state index in [4.69, 9.17) is 14.4 Å². The molecule has 0 aliphatic carbocycles. The minimum atomic E-state index is -0.344. The molecule has 0 radical (unpaired) electrons. The highest BCUT2D eigenvalue weighted by Crippen LogP contribution is 2.21. The van der Waals surface area contributed by atoms with E-state index in [-0.39, 0.29) is 24.3 Å². The standard InChI is InChI=1S/C23H29N3O4/c1-15(2)30-21-13-8-7-11-18(21)17(4)25-29-14-20-16(3)10-9-12-19(20)22(26-28-6)23(27)24-5/h7-13,15H,14H2,1-6H3,(H,24,27)/b25-17+,26-22+. The number of likely N-dealkylation sites (N-methyl/N-ethyl adjacent to an activating group) is 1. The van der Waals surface area contributed by atoms with Gasteiger partial charge in [-0.2, -0.15) is 0 Å². The van der Waals surface area contributed by atoms with Crippen LogP contribution in [-0.2, 0) is 21.1 Å². The molecular formula is C23H29N3O4. The Morgan fingerprint density at radius 1 is 1.07 bits per heavy atom. The second-order valence-corrected chi connectivity index (χ2v) is 6.92. The van der Waals surface area contributed by atoms with Gasteiger partial charge in [-0.3, -0.25) is 4.79 Å². The van der Waals surface area contributed by atoms with E-state index in [1.54, 1.807) is 13.1 Å². The van der Waals surface area contributed by atoms with Gasteiger partial charge >= 0.3 is 0 Å². The molecule has 7 nitrogen and oxygen atoms in total. The van der Waals surface area contributed by atoms with Crippen molar-refractivity contribution in [2.45, 2.75) is 40.4 Å². The summed E-state index contributed by atoms with van der Waals surface area (Å²) in [5, 5.41) is 10.7. The third kappa shape index (κ3) is 5.83. The van der Waals surface area contributed by atoms with Crippen molar-refractivity contribution in [2.75, 3.05) is 14.2 Å². The van der Waals surface area contributed by atoms with Gasteiger partial charge in [0.25, 0.3) is 5.91 Å². The Kier molecular flexibility index (Phi) is 8.41. The molecule has 0 heterocycles. The number of aryl methyl sites for hydroxylation is 1. The first-order chi connectivity index (χ1) is 14.4. The van der Waals surface area contributed by atoms with Gasteiger partial charge in [-0.15, -0.1) is 0 Å².